The lowest BCUT2D eigenvalue weighted by Gasteiger charge is -2.03. The Morgan fingerprint density at radius 1 is 1.18 bits per heavy atom. The van der Waals surface area contributed by atoms with E-state index < -0.39 is 0 Å². The van der Waals surface area contributed by atoms with Gasteiger partial charge in [-0.15, -0.1) is 0 Å². The van der Waals surface area contributed by atoms with Crippen LogP contribution in [0.4, 0.5) is 0 Å². The third-order valence-corrected chi connectivity index (χ3v) is 1.19. The molecule has 3 heteroatoms. The Hall–Kier alpha value is -0.120. The van der Waals surface area contributed by atoms with E-state index in [1.807, 2.05) is 0 Å². The van der Waals surface area contributed by atoms with Gasteiger partial charge < -0.3 is 14.8 Å². The second kappa shape index (κ2) is 9.88. The third-order valence-electron chi connectivity index (χ3n) is 1.19. The first-order chi connectivity index (χ1) is 5.41. The number of hydrogen-bond donors (Lipinski definition) is 1. The summed E-state index contributed by atoms with van der Waals surface area (Å²) in [5, 5.41) is 3.16. The fourth-order valence-electron chi connectivity index (χ4n) is 0.643. The van der Waals surface area contributed by atoms with Gasteiger partial charge in [-0.2, -0.15) is 0 Å². The van der Waals surface area contributed by atoms with Gasteiger partial charge in [0.2, 0.25) is 0 Å². The van der Waals surface area contributed by atoms with Crippen molar-refractivity contribution in [1.29, 1.82) is 0 Å². The lowest BCUT2D eigenvalue weighted by atomic mass is 10.6. The third kappa shape index (κ3) is 9.88. The van der Waals surface area contributed by atoms with E-state index in [-0.39, 0.29) is 0 Å². The molecule has 0 bridgehead atoms. The first-order valence-electron chi connectivity index (χ1n) is 4.07. The summed E-state index contributed by atoms with van der Waals surface area (Å²) in [4.78, 5) is 0. The van der Waals surface area contributed by atoms with Gasteiger partial charge in [0, 0.05) is 13.2 Å². The van der Waals surface area contributed by atoms with E-state index in [1.165, 1.54) is 0 Å². The van der Waals surface area contributed by atoms with Gasteiger partial charge in [-0.3, -0.25) is 0 Å². The molecule has 0 amide bonds. The van der Waals surface area contributed by atoms with Crippen LogP contribution in [0.15, 0.2) is 0 Å². The maximum absolute atomic E-state index is 5.22. The normalized spacial score (nSPS) is 10.4. The van der Waals surface area contributed by atoms with E-state index in [4.69, 9.17) is 9.47 Å². The molecule has 0 aliphatic rings. The average molecular weight is 160 g/mol. The van der Waals surface area contributed by atoms with E-state index in [0.29, 0.717) is 19.8 Å². The molecule has 11 heavy (non-hydrogen) atoms. The van der Waals surface area contributed by atoms with Gasteiger partial charge in [0.25, 0.3) is 0 Å². The smallest absolute Gasteiger partial charge is 0.0701 e. The quantitative estimate of drug-likeness (QED) is 0.523. The van der Waals surface area contributed by atoms with E-state index in [2.05, 4.69) is 19.2 Å². The molecule has 0 aromatic carbocycles. The molecule has 0 heterocycles. The second-order valence-electron chi connectivity index (χ2n) is 2.08. The Balaban J connectivity index is 2.69. The van der Waals surface area contributed by atoms with E-state index in [1.54, 1.807) is 0 Å². The molecule has 0 rings (SSSR count). The van der Waals surface area contributed by atoms with Crippen molar-refractivity contribution >= 4 is 0 Å². The van der Waals surface area contributed by atoms with Crippen molar-refractivity contribution in [2.75, 3.05) is 39.5 Å². The summed E-state index contributed by atoms with van der Waals surface area (Å²) in [6, 6.07) is 0. The fourth-order valence-corrected chi connectivity index (χ4v) is 0.643. The maximum Gasteiger partial charge on any atom is 0.0701 e. The summed E-state index contributed by atoms with van der Waals surface area (Å²) in [5.74, 6) is 0. The summed E-state index contributed by atoms with van der Waals surface area (Å²) in [7, 11) is 0. The van der Waals surface area contributed by atoms with Gasteiger partial charge in [0.05, 0.1) is 19.8 Å². The SMILES string of the molecule is [CH2]COCCOCCNCC. The lowest BCUT2D eigenvalue weighted by molar-refractivity contribution is 0.0592. The zero-order valence-corrected chi connectivity index (χ0v) is 7.27. The molecule has 67 valence electrons. The molecule has 0 aliphatic heterocycles. The fraction of sp³-hybridized carbons (Fsp3) is 0.875. The summed E-state index contributed by atoms with van der Waals surface area (Å²) in [6.45, 7) is 10.1. The average Bonchev–Trinajstić information content (AvgIpc) is 2.03. The Labute approximate surface area is 69.1 Å². The molecule has 0 unspecified atom stereocenters. The Morgan fingerprint density at radius 2 is 1.91 bits per heavy atom. The molecular weight excluding hydrogens is 142 g/mol. The molecule has 0 saturated heterocycles. The van der Waals surface area contributed by atoms with Gasteiger partial charge in [-0.1, -0.05) is 6.92 Å². The Morgan fingerprint density at radius 3 is 2.55 bits per heavy atom. The second-order valence-corrected chi connectivity index (χ2v) is 2.08. The van der Waals surface area contributed by atoms with E-state index >= 15 is 0 Å². The highest BCUT2D eigenvalue weighted by Gasteiger charge is 1.86. The predicted molar refractivity (Wildman–Crippen MR) is 45.5 cm³/mol. The maximum atomic E-state index is 5.22. The van der Waals surface area contributed by atoms with Crippen LogP contribution < -0.4 is 5.32 Å². The summed E-state index contributed by atoms with van der Waals surface area (Å²) in [5.41, 5.74) is 0. The van der Waals surface area contributed by atoms with Crippen molar-refractivity contribution in [2.24, 2.45) is 0 Å². The molecule has 0 aromatic heterocycles. The minimum Gasteiger partial charge on any atom is -0.379 e. The predicted octanol–water partition coefficient (Wildman–Crippen LogP) is 0.463. The molecule has 3 nitrogen and oxygen atoms in total. The number of likely N-dealkylation sites (N-methyl/N-ethyl adjacent to an activating group) is 1. The van der Waals surface area contributed by atoms with Gasteiger partial charge in [-0.05, 0) is 13.5 Å². The first-order valence-corrected chi connectivity index (χ1v) is 4.07. The van der Waals surface area contributed by atoms with Crippen LogP contribution in [-0.4, -0.2) is 39.5 Å². The summed E-state index contributed by atoms with van der Waals surface area (Å²) < 4.78 is 10.2. The van der Waals surface area contributed by atoms with Crippen LogP contribution in [0.5, 0.6) is 0 Å². The van der Waals surface area contributed by atoms with E-state index in [9.17, 15) is 0 Å². The summed E-state index contributed by atoms with van der Waals surface area (Å²) >= 11 is 0. The zero-order chi connectivity index (χ0) is 8.36. The van der Waals surface area contributed by atoms with Crippen LogP contribution in [0.3, 0.4) is 0 Å². The van der Waals surface area contributed by atoms with Crippen molar-refractivity contribution in [2.45, 2.75) is 6.92 Å². The molecule has 0 spiro atoms. The molecule has 0 atom stereocenters. The minimum absolute atomic E-state index is 0.524. The number of ether oxygens (including phenoxy) is 2. The number of hydrogen-bond acceptors (Lipinski definition) is 3. The van der Waals surface area contributed by atoms with Crippen molar-refractivity contribution in [3.63, 3.8) is 0 Å². The monoisotopic (exact) mass is 160 g/mol. The molecule has 0 saturated carbocycles. The highest BCUT2D eigenvalue weighted by atomic mass is 16.5. The van der Waals surface area contributed by atoms with Crippen molar-refractivity contribution in [1.82, 2.24) is 5.32 Å². The standard InChI is InChI=1S/C8H18NO2/c1-3-9-5-6-11-8-7-10-4-2/h9H,2-8H2,1H3. The largest absolute Gasteiger partial charge is 0.379 e. The van der Waals surface area contributed by atoms with Crippen LogP contribution >= 0.6 is 0 Å². The number of rotatable bonds is 8. The molecule has 0 fully saturated rings. The summed E-state index contributed by atoms with van der Waals surface area (Å²) in [6.07, 6.45) is 0. The van der Waals surface area contributed by atoms with Crippen LogP contribution in [-0.2, 0) is 9.47 Å². The van der Waals surface area contributed by atoms with Crippen molar-refractivity contribution < 1.29 is 9.47 Å². The van der Waals surface area contributed by atoms with Crippen LogP contribution in [0.1, 0.15) is 6.92 Å². The Kier molecular flexibility index (Phi) is 9.77. The van der Waals surface area contributed by atoms with Gasteiger partial charge >= 0.3 is 0 Å². The van der Waals surface area contributed by atoms with Gasteiger partial charge in [0.1, 0.15) is 0 Å². The van der Waals surface area contributed by atoms with Crippen molar-refractivity contribution in [3.8, 4) is 0 Å². The van der Waals surface area contributed by atoms with Crippen LogP contribution in [0.25, 0.3) is 0 Å². The molecule has 0 aromatic rings. The molecule has 0 aliphatic carbocycles. The lowest BCUT2D eigenvalue weighted by Crippen LogP contribution is -2.19. The van der Waals surface area contributed by atoms with Crippen LogP contribution in [0.2, 0.25) is 0 Å². The topological polar surface area (TPSA) is 30.5 Å². The number of nitrogens with one attached hydrogen (secondary N) is 1. The van der Waals surface area contributed by atoms with Crippen molar-refractivity contribution in [3.05, 3.63) is 6.92 Å². The highest BCUT2D eigenvalue weighted by molar-refractivity contribution is 4.40. The van der Waals surface area contributed by atoms with Crippen LogP contribution in [0, 0.1) is 6.92 Å². The van der Waals surface area contributed by atoms with Gasteiger partial charge in [-0.25, -0.2) is 0 Å². The molecule has 1 N–H and O–H groups in total. The first kappa shape index (κ1) is 10.9. The zero-order valence-electron chi connectivity index (χ0n) is 7.27. The minimum atomic E-state index is 0.524. The Bertz CT molecular complexity index is 61.1. The highest BCUT2D eigenvalue weighted by Crippen LogP contribution is 1.76. The van der Waals surface area contributed by atoms with Gasteiger partial charge in [0.15, 0.2) is 0 Å². The van der Waals surface area contributed by atoms with E-state index in [0.717, 1.165) is 19.7 Å². The molecular formula is C8H18NO2. The molecule has 1 radical (unpaired) electrons.